The molecule has 1 atom stereocenters. The molecule has 0 bridgehead atoms. The normalized spacial score (nSPS) is 25.1. The quantitative estimate of drug-likeness (QED) is 0.846. The summed E-state index contributed by atoms with van der Waals surface area (Å²) in [6, 6.07) is -0.0918. The molecule has 2 aliphatic rings. The fourth-order valence-corrected chi connectivity index (χ4v) is 3.41. The van der Waals surface area contributed by atoms with Gasteiger partial charge >= 0.3 is 6.03 Å². The van der Waals surface area contributed by atoms with Crippen molar-refractivity contribution >= 4 is 22.5 Å². The molecule has 2 fully saturated rings. The Hall–Kier alpha value is -1.25. The number of hydrogen-bond acceptors (Lipinski definition) is 6. The molecule has 110 valence electrons. The minimum absolute atomic E-state index is 0.0918. The number of nitrogens with zero attached hydrogens (tertiary/aromatic N) is 3. The third kappa shape index (κ3) is 2.77. The van der Waals surface area contributed by atoms with Crippen LogP contribution in [0.25, 0.3) is 0 Å². The van der Waals surface area contributed by atoms with E-state index in [-0.39, 0.29) is 17.6 Å². The predicted molar refractivity (Wildman–Crippen MR) is 75.6 cm³/mol. The molecule has 2 aliphatic heterocycles. The molecule has 0 aromatic carbocycles. The molecule has 0 saturated carbocycles. The molecule has 2 amide bonds. The number of carbonyl (C=O) groups is 1. The molecule has 1 aromatic heterocycles. The molecule has 3 N–H and O–H groups in total. The Kier molecular flexibility index (Phi) is 3.86. The highest BCUT2D eigenvalue weighted by molar-refractivity contribution is 7.13. The highest BCUT2D eigenvalue weighted by Gasteiger charge is 2.42. The second-order valence-corrected chi connectivity index (χ2v) is 6.37. The highest BCUT2D eigenvalue weighted by Crippen LogP contribution is 2.41. The van der Waals surface area contributed by atoms with Gasteiger partial charge in [-0.15, -0.1) is 10.2 Å². The molecular formula is C12H19N5O2S. The van der Waals surface area contributed by atoms with E-state index in [1.165, 1.54) is 11.3 Å². The van der Waals surface area contributed by atoms with Gasteiger partial charge in [-0.2, -0.15) is 0 Å². The van der Waals surface area contributed by atoms with E-state index in [2.05, 4.69) is 15.5 Å². The summed E-state index contributed by atoms with van der Waals surface area (Å²) in [5.74, 6) is 0. The van der Waals surface area contributed by atoms with Gasteiger partial charge in [-0.05, 0) is 24.7 Å². The molecule has 3 heterocycles. The molecule has 7 nitrogen and oxygen atoms in total. The summed E-state index contributed by atoms with van der Waals surface area (Å²) >= 11 is 1.32. The number of rotatable bonds is 2. The number of nitrogens with two attached hydrogens (primary N) is 1. The second kappa shape index (κ2) is 5.63. The number of likely N-dealkylation sites (tertiary alicyclic amines) is 1. The molecule has 0 radical (unpaired) electrons. The highest BCUT2D eigenvalue weighted by atomic mass is 32.1. The summed E-state index contributed by atoms with van der Waals surface area (Å²) in [6.07, 6.45) is 3.17. The van der Waals surface area contributed by atoms with Crippen molar-refractivity contribution in [2.24, 2.45) is 11.1 Å². The van der Waals surface area contributed by atoms with Crippen molar-refractivity contribution in [2.45, 2.75) is 25.4 Å². The summed E-state index contributed by atoms with van der Waals surface area (Å²) in [5, 5.41) is 10.8. The minimum Gasteiger partial charge on any atom is -0.376 e. The van der Waals surface area contributed by atoms with Crippen LogP contribution in [0, 0.1) is 5.41 Å². The first-order valence-corrected chi connectivity index (χ1v) is 7.72. The monoisotopic (exact) mass is 297 g/mol. The van der Waals surface area contributed by atoms with E-state index < -0.39 is 0 Å². The van der Waals surface area contributed by atoms with Crippen LogP contribution in [0.3, 0.4) is 0 Å². The molecule has 0 aliphatic carbocycles. The van der Waals surface area contributed by atoms with Crippen molar-refractivity contribution < 1.29 is 9.53 Å². The zero-order valence-corrected chi connectivity index (χ0v) is 12.1. The van der Waals surface area contributed by atoms with Crippen LogP contribution < -0.4 is 11.1 Å². The van der Waals surface area contributed by atoms with Crippen molar-refractivity contribution in [2.75, 3.05) is 31.6 Å². The molecule has 3 rings (SSSR count). The fourth-order valence-electron chi connectivity index (χ4n) is 2.98. The number of aromatic nitrogens is 2. The van der Waals surface area contributed by atoms with Crippen LogP contribution in [-0.4, -0.2) is 53.5 Å². The third-order valence-electron chi connectivity index (χ3n) is 4.23. The Balaban J connectivity index is 1.52. The van der Waals surface area contributed by atoms with Crippen molar-refractivity contribution in [3.05, 3.63) is 5.51 Å². The maximum Gasteiger partial charge on any atom is 0.323 e. The molecule has 20 heavy (non-hydrogen) atoms. The Morgan fingerprint density at radius 3 is 3.00 bits per heavy atom. The number of carbonyl (C=O) groups excluding carboxylic acids is 1. The van der Waals surface area contributed by atoms with Gasteiger partial charge in [-0.25, -0.2) is 4.79 Å². The lowest BCUT2D eigenvalue weighted by atomic mass is 9.77. The number of nitrogens with one attached hydrogen (secondary N) is 1. The Labute approximate surface area is 121 Å². The summed E-state index contributed by atoms with van der Waals surface area (Å²) in [5.41, 5.74) is 7.49. The van der Waals surface area contributed by atoms with E-state index in [1.807, 2.05) is 4.90 Å². The molecule has 1 unspecified atom stereocenters. The zero-order chi connectivity index (χ0) is 14.0. The second-order valence-electron chi connectivity index (χ2n) is 5.53. The Bertz CT molecular complexity index is 458. The summed E-state index contributed by atoms with van der Waals surface area (Å²) in [4.78, 5) is 13.9. The van der Waals surface area contributed by atoms with Gasteiger partial charge in [0.15, 0.2) is 0 Å². The lowest BCUT2D eigenvalue weighted by Crippen LogP contribution is -2.45. The van der Waals surface area contributed by atoms with E-state index in [9.17, 15) is 4.79 Å². The molecule has 1 spiro atoms. The lowest BCUT2D eigenvalue weighted by molar-refractivity contribution is 0.0759. The standard InChI is InChI=1S/C12H19N5O2S/c13-6-9-5-12(7-19-9)1-3-17(4-2-12)11(18)15-10-16-14-8-20-10/h8-9H,1-7,13H2,(H,15,16,18). The van der Waals surface area contributed by atoms with Gasteiger partial charge in [0.25, 0.3) is 0 Å². The largest absolute Gasteiger partial charge is 0.376 e. The van der Waals surface area contributed by atoms with Crippen LogP contribution in [0.15, 0.2) is 5.51 Å². The maximum atomic E-state index is 12.1. The van der Waals surface area contributed by atoms with E-state index in [0.717, 1.165) is 39.0 Å². The van der Waals surface area contributed by atoms with Crippen LogP contribution >= 0.6 is 11.3 Å². The topological polar surface area (TPSA) is 93.4 Å². The van der Waals surface area contributed by atoms with Gasteiger partial charge in [-0.3, -0.25) is 5.32 Å². The van der Waals surface area contributed by atoms with Crippen LogP contribution in [0.5, 0.6) is 0 Å². The zero-order valence-electron chi connectivity index (χ0n) is 11.2. The number of amides is 2. The van der Waals surface area contributed by atoms with Crippen molar-refractivity contribution in [1.82, 2.24) is 15.1 Å². The van der Waals surface area contributed by atoms with E-state index >= 15 is 0 Å². The van der Waals surface area contributed by atoms with Crippen molar-refractivity contribution in [3.63, 3.8) is 0 Å². The first-order chi connectivity index (χ1) is 9.71. The van der Waals surface area contributed by atoms with E-state index in [0.29, 0.717) is 11.7 Å². The van der Waals surface area contributed by atoms with Crippen LogP contribution in [0.2, 0.25) is 0 Å². The average Bonchev–Trinajstić information content (AvgIpc) is 3.10. The lowest BCUT2D eigenvalue weighted by Gasteiger charge is -2.38. The number of anilines is 1. The van der Waals surface area contributed by atoms with Gasteiger partial charge in [-0.1, -0.05) is 11.3 Å². The molecular weight excluding hydrogens is 278 g/mol. The maximum absolute atomic E-state index is 12.1. The smallest absolute Gasteiger partial charge is 0.323 e. The van der Waals surface area contributed by atoms with Crippen LogP contribution in [0.1, 0.15) is 19.3 Å². The molecule has 2 saturated heterocycles. The van der Waals surface area contributed by atoms with Gasteiger partial charge in [0.1, 0.15) is 5.51 Å². The molecule has 8 heteroatoms. The van der Waals surface area contributed by atoms with Gasteiger partial charge in [0, 0.05) is 19.6 Å². The third-order valence-corrected chi connectivity index (χ3v) is 4.84. The SMILES string of the molecule is NCC1CC2(CCN(C(=O)Nc3nncs3)CC2)CO1. The minimum atomic E-state index is -0.0918. The van der Waals surface area contributed by atoms with E-state index in [1.54, 1.807) is 5.51 Å². The fraction of sp³-hybridized carbons (Fsp3) is 0.750. The van der Waals surface area contributed by atoms with Gasteiger partial charge in [0.2, 0.25) is 5.13 Å². The summed E-state index contributed by atoms with van der Waals surface area (Å²) in [6.45, 7) is 2.88. The number of ether oxygens (including phenoxy) is 1. The Morgan fingerprint density at radius 1 is 1.60 bits per heavy atom. The first kappa shape index (κ1) is 13.7. The summed E-state index contributed by atoms with van der Waals surface area (Å²) < 4.78 is 5.72. The first-order valence-electron chi connectivity index (χ1n) is 6.85. The van der Waals surface area contributed by atoms with Crippen molar-refractivity contribution in [1.29, 1.82) is 0 Å². The average molecular weight is 297 g/mol. The number of hydrogen-bond donors (Lipinski definition) is 2. The van der Waals surface area contributed by atoms with E-state index in [4.69, 9.17) is 10.5 Å². The predicted octanol–water partition coefficient (Wildman–Crippen LogP) is 0.900. The van der Waals surface area contributed by atoms with Crippen LogP contribution in [0.4, 0.5) is 9.93 Å². The molecule has 1 aromatic rings. The van der Waals surface area contributed by atoms with Gasteiger partial charge in [0.05, 0.1) is 12.7 Å². The van der Waals surface area contributed by atoms with Gasteiger partial charge < -0.3 is 15.4 Å². The number of urea groups is 1. The summed E-state index contributed by atoms with van der Waals surface area (Å²) in [7, 11) is 0. The number of piperidine rings is 1. The van der Waals surface area contributed by atoms with Crippen LogP contribution in [-0.2, 0) is 4.74 Å². The van der Waals surface area contributed by atoms with Crippen molar-refractivity contribution in [3.8, 4) is 0 Å². The Morgan fingerprint density at radius 2 is 2.40 bits per heavy atom.